The molecule has 8 heteroatoms. The number of rotatable bonds is 2. The topological polar surface area (TPSA) is 101 Å². The Morgan fingerprint density at radius 2 is 1.61 bits per heavy atom. The van der Waals surface area contributed by atoms with Gasteiger partial charge in [0.2, 0.25) is 11.8 Å². The molecular formula is C10H7N3O4S. The van der Waals surface area contributed by atoms with Crippen LogP contribution in [0.1, 0.15) is 11.5 Å². The zero-order valence-electron chi connectivity index (χ0n) is 8.88. The second-order valence-electron chi connectivity index (χ2n) is 3.59. The van der Waals surface area contributed by atoms with Gasteiger partial charge in [0, 0.05) is 12.1 Å². The van der Waals surface area contributed by atoms with E-state index in [0.717, 1.165) is 0 Å². The van der Waals surface area contributed by atoms with Gasteiger partial charge in [0.25, 0.3) is 5.69 Å². The third kappa shape index (κ3) is 2.18. The van der Waals surface area contributed by atoms with Crippen LogP contribution in [-0.2, 0) is 9.59 Å². The third-order valence-corrected chi connectivity index (χ3v) is 2.64. The molecule has 1 fully saturated rings. The fourth-order valence-electron chi connectivity index (χ4n) is 1.61. The summed E-state index contributed by atoms with van der Waals surface area (Å²) < 4.78 is 0. The van der Waals surface area contributed by atoms with Crippen molar-refractivity contribution >= 4 is 34.8 Å². The predicted molar refractivity (Wildman–Crippen MR) is 64.7 cm³/mol. The molecule has 0 radical (unpaired) electrons. The second kappa shape index (κ2) is 4.49. The van der Waals surface area contributed by atoms with Crippen molar-refractivity contribution in [3.8, 4) is 0 Å². The molecule has 0 bridgehead atoms. The van der Waals surface area contributed by atoms with Gasteiger partial charge in [0.1, 0.15) is 5.92 Å². The number of carbonyl (C=O) groups excluding carboxylic acids is 2. The minimum atomic E-state index is -1.04. The van der Waals surface area contributed by atoms with Gasteiger partial charge in [0.05, 0.1) is 4.92 Å². The highest BCUT2D eigenvalue weighted by atomic mass is 32.1. The first kappa shape index (κ1) is 12.1. The van der Waals surface area contributed by atoms with Crippen LogP contribution < -0.4 is 10.6 Å². The molecule has 2 rings (SSSR count). The third-order valence-electron chi connectivity index (χ3n) is 2.44. The Kier molecular flexibility index (Phi) is 3.02. The van der Waals surface area contributed by atoms with Crippen molar-refractivity contribution in [3.63, 3.8) is 0 Å². The number of benzene rings is 1. The highest BCUT2D eigenvalue weighted by molar-refractivity contribution is 7.80. The van der Waals surface area contributed by atoms with E-state index in [-0.39, 0.29) is 10.8 Å². The zero-order valence-corrected chi connectivity index (χ0v) is 9.69. The average Bonchev–Trinajstić information content (AvgIpc) is 2.28. The first-order chi connectivity index (χ1) is 8.49. The number of carbonyl (C=O) groups is 2. The van der Waals surface area contributed by atoms with Crippen molar-refractivity contribution in [2.24, 2.45) is 0 Å². The average molecular weight is 265 g/mol. The van der Waals surface area contributed by atoms with Crippen LogP contribution in [0.3, 0.4) is 0 Å². The molecule has 0 aromatic heterocycles. The monoisotopic (exact) mass is 265 g/mol. The van der Waals surface area contributed by atoms with Crippen LogP contribution in [-0.4, -0.2) is 21.9 Å². The van der Waals surface area contributed by atoms with E-state index in [1.54, 1.807) is 0 Å². The number of hydrogen-bond donors (Lipinski definition) is 2. The van der Waals surface area contributed by atoms with E-state index >= 15 is 0 Å². The summed E-state index contributed by atoms with van der Waals surface area (Å²) in [6.07, 6.45) is 0. The van der Waals surface area contributed by atoms with Crippen molar-refractivity contribution in [1.82, 2.24) is 10.6 Å². The van der Waals surface area contributed by atoms with Crippen molar-refractivity contribution in [2.75, 3.05) is 0 Å². The molecule has 1 aliphatic heterocycles. The van der Waals surface area contributed by atoms with Crippen molar-refractivity contribution in [1.29, 1.82) is 0 Å². The van der Waals surface area contributed by atoms with Crippen LogP contribution in [0.2, 0.25) is 0 Å². The fourth-order valence-corrected chi connectivity index (χ4v) is 1.81. The number of thiocarbonyl (C=S) groups is 1. The Hall–Kier alpha value is -2.35. The van der Waals surface area contributed by atoms with Crippen molar-refractivity contribution < 1.29 is 14.5 Å². The fraction of sp³-hybridized carbons (Fsp3) is 0.100. The van der Waals surface area contributed by atoms with Crippen LogP contribution in [0.25, 0.3) is 0 Å². The van der Waals surface area contributed by atoms with Gasteiger partial charge in [-0.05, 0) is 17.8 Å². The molecule has 1 aromatic rings. The Morgan fingerprint density at radius 3 is 2.06 bits per heavy atom. The highest BCUT2D eigenvalue weighted by Crippen LogP contribution is 2.21. The normalized spacial score (nSPS) is 16.1. The highest BCUT2D eigenvalue weighted by Gasteiger charge is 2.34. The number of amides is 2. The lowest BCUT2D eigenvalue weighted by molar-refractivity contribution is -0.384. The second-order valence-corrected chi connectivity index (χ2v) is 4.00. The molecule has 1 aliphatic rings. The Bertz CT molecular complexity index is 535. The lowest BCUT2D eigenvalue weighted by atomic mass is 9.96. The van der Waals surface area contributed by atoms with Crippen molar-refractivity contribution in [2.45, 2.75) is 5.92 Å². The largest absolute Gasteiger partial charge is 0.302 e. The summed E-state index contributed by atoms with van der Waals surface area (Å²) in [4.78, 5) is 33.2. The smallest absolute Gasteiger partial charge is 0.269 e. The molecule has 1 aromatic carbocycles. The lowest BCUT2D eigenvalue weighted by Gasteiger charge is -2.22. The molecule has 7 nitrogen and oxygen atoms in total. The van der Waals surface area contributed by atoms with E-state index in [0.29, 0.717) is 5.56 Å². The van der Waals surface area contributed by atoms with Crippen LogP contribution in [0.5, 0.6) is 0 Å². The molecular weight excluding hydrogens is 258 g/mol. The van der Waals surface area contributed by atoms with E-state index in [1.807, 2.05) is 0 Å². The van der Waals surface area contributed by atoms with Gasteiger partial charge in [-0.2, -0.15) is 0 Å². The maximum Gasteiger partial charge on any atom is 0.269 e. The van der Waals surface area contributed by atoms with Gasteiger partial charge >= 0.3 is 0 Å². The molecule has 1 heterocycles. The van der Waals surface area contributed by atoms with E-state index in [1.165, 1.54) is 24.3 Å². The summed E-state index contributed by atoms with van der Waals surface area (Å²) >= 11 is 4.66. The van der Waals surface area contributed by atoms with Crippen LogP contribution in [0.15, 0.2) is 24.3 Å². The minimum Gasteiger partial charge on any atom is -0.302 e. The van der Waals surface area contributed by atoms with E-state index < -0.39 is 22.7 Å². The number of nitrogens with zero attached hydrogens (tertiary/aromatic N) is 1. The van der Waals surface area contributed by atoms with Crippen LogP contribution >= 0.6 is 12.2 Å². The maximum absolute atomic E-state index is 11.6. The quantitative estimate of drug-likeness (QED) is 0.344. The number of nitro groups is 1. The summed E-state index contributed by atoms with van der Waals surface area (Å²) in [6, 6.07) is 5.22. The molecule has 0 saturated carbocycles. The van der Waals surface area contributed by atoms with E-state index in [2.05, 4.69) is 22.9 Å². The van der Waals surface area contributed by atoms with Gasteiger partial charge in [-0.3, -0.25) is 19.7 Å². The van der Waals surface area contributed by atoms with Crippen LogP contribution in [0, 0.1) is 10.1 Å². The Labute approximate surface area is 106 Å². The number of non-ortho nitro benzene ring substituents is 1. The molecule has 92 valence electrons. The van der Waals surface area contributed by atoms with Gasteiger partial charge in [0.15, 0.2) is 5.11 Å². The molecule has 0 unspecified atom stereocenters. The first-order valence-electron chi connectivity index (χ1n) is 4.89. The van der Waals surface area contributed by atoms with Gasteiger partial charge in [-0.1, -0.05) is 12.1 Å². The predicted octanol–water partition coefficient (Wildman–Crippen LogP) is 0.209. The summed E-state index contributed by atoms with van der Waals surface area (Å²) in [5.74, 6) is -2.13. The Balaban J connectivity index is 2.30. The summed E-state index contributed by atoms with van der Waals surface area (Å²) in [6.45, 7) is 0. The lowest BCUT2D eigenvalue weighted by Crippen LogP contribution is -2.54. The molecule has 0 spiro atoms. The summed E-state index contributed by atoms with van der Waals surface area (Å²) in [5, 5.41) is 15.1. The van der Waals surface area contributed by atoms with Crippen LogP contribution in [0.4, 0.5) is 5.69 Å². The molecule has 2 N–H and O–H groups in total. The molecule has 1 saturated heterocycles. The molecule has 2 amide bonds. The number of nitrogens with one attached hydrogen (secondary N) is 2. The van der Waals surface area contributed by atoms with E-state index in [4.69, 9.17) is 0 Å². The van der Waals surface area contributed by atoms with Crippen molar-refractivity contribution in [3.05, 3.63) is 39.9 Å². The van der Waals surface area contributed by atoms with Gasteiger partial charge in [-0.25, -0.2) is 0 Å². The van der Waals surface area contributed by atoms with Gasteiger partial charge < -0.3 is 10.6 Å². The number of nitro benzene ring substituents is 1. The SMILES string of the molecule is O=C1NC(=S)NC(=O)C1c1ccc([N+](=O)[O-])cc1. The summed E-state index contributed by atoms with van der Waals surface area (Å²) in [7, 11) is 0. The summed E-state index contributed by atoms with van der Waals surface area (Å²) in [5.41, 5.74) is 0.268. The van der Waals surface area contributed by atoms with E-state index in [9.17, 15) is 19.7 Å². The zero-order chi connectivity index (χ0) is 13.3. The molecule has 0 atom stereocenters. The maximum atomic E-state index is 11.6. The molecule has 18 heavy (non-hydrogen) atoms. The van der Waals surface area contributed by atoms with Gasteiger partial charge in [-0.15, -0.1) is 0 Å². The molecule has 0 aliphatic carbocycles. The minimum absolute atomic E-state index is 0.0387. The first-order valence-corrected chi connectivity index (χ1v) is 5.30. The Morgan fingerprint density at radius 1 is 1.11 bits per heavy atom. The standard InChI is InChI=1S/C10H7N3O4S/c14-8-7(9(15)12-10(18)11-8)5-1-3-6(4-2-5)13(16)17/h1-4,7H,(H2,11,12,14,15,18). The number of hydrogen-bond acceptors (Lipinski definition) is 5.